The van der Waals surface area contributed by atoms with E-state index in [1.54, 1.807) is 0 Å². The van der Waals surface area contributed by atoms with Gasteiger partial charge in [-0.2, -0.15) is 0 Å². The van der Waals surface area contributed by atoms with Crippen molar-refractivity contribution in [2.75, 3.05) is 0 Å². The van der Waals surface area contributed by atoms with Gasteiger partial charge in [-0.05, 0) is 50.0 Å². The third-order valence-electron chi connectivity index (χ3n) is 4.67. The van der Waals surface area contributed by atoms with E-state index in [-0.39, 0.29) is 0 Å². The second kappa shape index (κ2) is 7.06. The van der Waals surface area contributed by atoms with Crippen LogP contribution in [0.3, 0.4) is 0 Å². The van der Waals surface area contributed by atoms with E-state index in [4.69, 9.17) is 5.84 Å². The molecule has 0 aliphatic heterocycles. The molecule has 0 bridgehead atoms. The first-order valence-electron chi connectivity index (χ1n) is 7.70. The van der Waals surface area contributed by atoms with Crippen molar-refractivity contribution >= 4 is 0 Å². The van der Waals surface area contributed by atoms with Gasteiger partial charge in [0.15, 0.2) is 0 Å². The van der Waals surface area contributed by atoms with Crippen LogP contribution in [0.1, 0.15) is 50.2 Å². The van der Waals surface area contributed by atoms with Crippen molar-refractivity contribution in [3.8, 4) is 0 Å². The van der Waals surface area contributed by atoms with Gasteiger partial charge < -0.3 is 0 Å². The number of aryl methyl sites for hydroxylation is 2. The fourth-order valence-electron chi connectivity index (χ4n) is 3.33. The molecule has 1 atom stereocenters. The number of benzene rings is 1. The van der Waals surface area contributed by atoms with Crippen LogP contribution >= 0.6 is 0 Å². The van der Waals surface area contributed by atoms with Crippen molar-refractivity contribution in [1.82, 2.24) is 5.43 Å². The third-order valence-corrected chi connectivity index (χ3v) is 4.67. The number of hydrogen-bond acceptors (Lipinski definition) is 2. The maximum absolute atomic E-state index is 5.78. The lowest BCUT2D eigenvalue weighted by molar-refractivity contribution is 0.223. The zero-order chi connectivity index (χ0) is 13.7. The van der Waals surface area contributed by atoms with E-state index >= 15 is 0 Å². The first-order valence-corrected chi connectivity index (χ1v) is 7.70. The molecule has 1 unspecified atom stereocenters. The largest absolute Gasteiger partial charge is 0.271 e. The molecule has 1 aliphatic carbocycles. The number of nitrogens with two attached hydrogens (primary N) is 1. The van der Waals surface area contributed by atoms with Gasteiger partial charge in [0.25, 0.3) is 0 Å². The first kappa shape index (κ1) is 14.5. The van der Waals surface area contributed by atoms with Crippen molar-refractivity contribution in [2.45, 2.75) is 58.4 Å². The Morgan fingerprint density at radius 3 is 2.63 bits per heavy atom. The molecule has 0 aromatic heterocycles. The van der Waals surface area contributed by atoms with Gasteiger partial charge in [-0.3, -0.25) is 11.3 Å². The molecule has 1 saturated carbocycles. The molecule has 1 aromatic rings. The first-order chi connectivity index (χ1) is 9.19. The molecule has 1 aliphatic rings. The highest BCUT2D eigenvalue weighted by molar-refractivity contribution is 5.22. The highest BCUT2D eigenvalue weighted by Gasteiger charge is 2.25. The molecule has 1 fully saturated rings. The van der Waals surface area contributed by atoms with Crippen LogP contribution in [0.5, 0.6) is 0 Å². The predicted octanol–water partition coefficient (Wildman–Crippen LogP) is 3.59. The molecule has 2 heteroatoms. The molecule has 19 heavy (non-hydrogen) atoms. The van der Waals surface area contributed by atoms with Crippen LogP contribution in [0, 0.1) is 18.8 Å². The smallest absolute Gasteiger partial charge is 0.0241 e. The van der Waals surface area contributed by atoms with E-state index < -0.39 is 0 Å². The SMILES string of the molecule is Cc1cccc(CCC(NN)C2CCC(C)CC2)c1. The molecule has 3 N–H and O–H groups in total. The van der Waals surface area contributed by atoms with Crippen LogP contribution < -0.4 is 11.3 Å². The minimum Gasteiger partial charge on any atom is -0.271 e. The number of hydrazine groups is 1. The van der Waals surface area contributed by atoms with Gasteiger partial charge in [0, 0.05) is 6.04 Å². The standard InChI is InChI=1S/C17H28N2/c1-13-6-9-16(10-7-13)17(19-18)11-8-15-5-3-4-14(2)12-15/h3-5,12-13,16-17,19H,6-11,18H2,1-2H3. The van der Waals surface area contributed by atoms with Gasteiger partial charge in [-0.1, -0.05) is 49.6 Å². The predicted molar refractivity (Wildman–Crippen MR) is 81.7 cm³/mol. The van der Waals surface area contributed by atoms with Crippen LogP contribution in [0.15, 0.2) is 24.3 Å². The van der Waals surface area contributed by atoms with E-state index in [1.165, 1.54) is 36.8 Å². The average molecular weight is 260 g/mol. The van der Waals surface area contributed by atoms with Crippen molar-refractivity contribution in [3.63, 3.8) is 0 Å². The summed E-state index contributed by atoms with van der Waals surface area (Å²) in [5, 5.41) is 0. The van der Waals surface area contributed by atoms with Crippen LogP contribution in [0.4, 0.5) is 0 Å². The molecular weight excluding hydrogens is 232 g/mol. The van der Waals surface area contributed by atoms with Crippen molar-refractivity contribution in [1.29, 1.82) is 0 Å². The molecule has 0 radical (unpaired) electrons. The highest BCUT2D eigenvalue weighted by Crippen LogP contribution is 2.31. The quantitative estimate of drug-likeness (QED) is 0.627. The molecule has 106 valence electrons. The topological polar surface area (TPSA) is 38.0 Å². The fraction of sp³-hybridized carbons (Fsp3) is 0.647. The van der Waals surface area contributed by atoms with Gasteiger partial charge in [-0.25, -0.2) is 0 Å². The summed E-state index contributed by atoms with van der Waals surface area (Å²) in [6.45, 7) is 4.53. The van der Waals surface area contributed by atoms with Gasteiger partial charge >= 0.3 is 0 Å². The summed E-state index contributed by atoms with van der Waals surface area (Å²) in [4.78, 5) is 0. The maximum Gasteiger partial charge on any atom is 0.0241 e. The Morgan fingerprint density at radius 2 is 2.00 bits per heavy atom. The lowest BCUT2D eigenvalue weighted by atomic mass is 9.78. The van der Waals surface area contributed by atoms with E-state index in [0.717, 1.165) is 24.7 Å². The Kier molecular flexibility index (Phi) is 5.41. The van der Waals surface area contributed by atoms with Crippen LogP contribution in [-0.2, 0) is 6.42 Å². The zero-order valence-corrected chi connectivity index (χ0v) is 12.4. The molecule has 0 amide bonds. The Morgan fingerprint density at radius 1 is 1.26 bits per heavy atom. The summed E-state index contributed by atoms with van der Waals surface area (Å²) in [6.07, 6.45) is 7.69. The van der Waals surface area contributed by atoms with Crippen molar-refractivity contribution in [2.24, 2.45) is 17.7 Å². The zero-order valence-electron chi connectivity index (χ0n) is 12.4. The third kappa shape index (κ3) is 4.32. The van der Waals surface area contributed by atoms with Crippen molar-refractivity contribution < 1.29 is 0 Å². The van der Waals surface area contributed by atoms with E-state index in [2.05, 4.69) is 43.5 Å². The Bertz CT molecular complexity index is 381. The second-order valence-electron chi connectivity index (χ2n) is 6.32. The maximum atomic E-state index is 5.78. The summed E-state index contributed by atoms with van der Waals surface area (Å²) in [6, 6.07) is 9.30. The molecule has 1 aromatic carbocycles. The van der Waals surface area contributed by atoms with Crippen LogP contribution in [0.25, 0.3) is 0 Å². The van der Waals surface area contributed by atoms with Crippen LogP contribution in [-0.4, -0.2) is 6.04 Å². The van der Waals surface area contributed by atoms with Crippen LogP contribution in [0.2, 0.25) is 0 Å². The van der Waals surface area contributed by atoms with Gasteiger partial charge in [-0.15, -0.1) is 0 Å². The lowest BCUT2D eigenvalue weighted by Crippen LogP contribution is -2.42. The molecule has 2 rings (SSSR count). The lowest BCUT2D eigenvalue weighted by Gasteiger charge is -2.32. The second-order valence-corrected chi connectivity index (χ2v) is 6.32. The minimum absolute atomic E-state index is 0.480. The molecule has 0 heterocycles. The Hall–Kier alpha value is -0.860. The van der Waals surface area contributed by atoms with E-state index in [9.17, 15) is 0 Å². The normalized spacial score (nSPS) is 25.2. The summed E-state index contributed by atoms with van der Waals surface area (Å²) in [5.74, 6) is 7.46. The van der Waals surface area contributed by atoms with Gasteiger partial charge in [0.2, 0.25) is 0 Å². The molecule has 0 spiro atoms. The summed E-state index contributed by atoms with van der Waals surface area (Å²) in [7, 11) is 0. The van der Waals surface area contributed by atoms with E-state index in [1.807, 2.05) is 0 Å². The summed E-state index contributed by atoms with van der Waals surface area (Å²) < 4.78 is 0. The minimum atomic E-state index is 0.480. The van der Waals surface area contributed by atoms with Gasteiger partial charge in [0.05, 0.1) is 0 Å². The monoisotopic (exact) mass is 260 g/mol. The fourth-order valence-corrected chi connectivity index (χ4v) is 3.33. The average Bonchev–Trinajstić information content (AvgIpc) is 2.41. The Balaban J connectivity index is 1.85. The number of nitrogens with one attached hydrogen (secondary N) is 1. The highest BCUT2D eigenvalue weighted by atomic mass is 15.2. The van der Waals surface area contributed by atoms with Gasteiger partial charge in [0.1, 0.15) is 0 Å². The summed E-state index contributed by atoms with van der Waals surface area (Å²) in [5.41, 5.74) is 5.85. The molecular formula is C17H28N2. The summed E-state index contributed by atoms with van der Waals surface area (Å²) >= 11 is 0. The van der Waals surface area contributed by atoms with E-state index in [0.29, 0.717) is 6.04 Å². The molecule has 2 nitrogen and oxygen atoms in total. The molecule has 0 saturated heterocycles. The number of rotatable bonds is 5. The van der Waals surface area contributed by atoms with Crippen molar-refractivity contribution in [3.05, 3.63) is 35.4 Å². The Labute approximate surface area is 117 Å². The number of hydrogen-bond donors (Lipinski definition) is 2.